The molecule has 4 nitrogen and oxygen atoms in total. The van der Waals surface area contributed by atoms with Crippen molar-refractivity contribution in [3.8, 4) is 17.1 Å². The number of hydrogen-bond acceptors (Lipinski definition) is 3. The van der Waals surface area contributed by atoms with Gasteiger partial charge in [0.1, 0.15) is 11.6 Å². The van der Waals surface area contributed by atoms with Gasteiger partial charge in [-0.3, -0.25) is 4.79 Å². The van der Waals surface area contributed by atoms with Gasteiger partial charge in [-0.15, -0.1) is 0 Å². The van der Waals surface area contributed by atoms with Crippen molar-refractivity contribution in [3.05, 3.63) is 58.9 Å². The van der Waals surface area contributed by atoms with Gasteiger partial charge in [0, 0.05) is 0 Å². The molecule has 18 heavy (non-hydrogen) atoms. The van der Waals surface area contributed by atoms with Gasteiger partial charge in [-0.25, -0.2) is 0 Å². The molecule has 0 radical (unpaired) electrons. The Bertz CT molecular complexity index is 778. The number of benzene rings is 2. The molecule has 1 aromatic heterocycles. The van der Waals surface area contributed by atoms with Crippen LogP contribution in [0, 0.1) is 0 Å². The fourth-order valence-corrected chi connectivity index (χ4v) is 1.90. The third kappa shape index (κ3) is 1.64. The molecule has 88 valence electrons. The molecule has 0 fully saturated rings. The Morgan fingerprint density at radius 1 is 1.00 bits per heavy atom. The summed E-state index contributed by atoms with van der Waals surface area (Å²) >= 11 is 0. The van der Waals surface area contributed by atoms with Gasteiger partial charge in [0.25, 0.3) is 5.56 Å². The number of phenols is 1. The summed E-state index contributed by atoms with van der Waals surface area (Å²) in [4.78, 5) is 18.9. The maximum atomic E-state index is 11.9. The van der Waals surface area contributed by atoms with Crippen LogP contribution in [0.1, 0.15) is 0 Å². The molecule has 0 atom stereocenters. The average molecular weight is 238 g/mol. The maximum absolute atomic E-state index is 11.9. The van der Waals surface area contributed by atoms with E-state index < -0.39 is 0 Å². The second-order valence-electron chi connectivity index (χ2n) is 3.95. The van der Waals surface area contributed by atoms with Crippen LogP contribution in [0.15, 0.2) is 53.3 Å². The molecule has 0 aliphatic heterocycles. The minimum atomic E-state index is -0.303. The second kappa shape index (κ2) is 4.00. The molecule has 0 aliphatic rings. The number of aromatic hydroxyl groups is 1. The molecule has 0 bridgehead atoms. The Balaban J connectivity index is 2.32. The van der Waals surface area contributed by atoms with Gasteiger partial charge >= 0.3 is 0 Å². The number of para-hydroxylation sites is 2. The first-order valence-corrected chi connectivity index (χ1v) is 5.53. The molecule has 0 saturated carbocycles. The quantitative estimate of drug-likeness (QED) is 0.683. The van der Waals surface area contributed by atoms with E-state index in [1.807, 2.05) is 12.1 Å². The molecule has 4 heteroatoms. The lowest BCUT2D eigenvalue weighted by atomic mass is 10.1. The Labute approximate surface area is 103 Å². The van der Waals surface area contributed by atoms with Crippen LogP contribution in [-0.4, -0.2) is 15.1 Å². The first kappa shape index (κ1) is 10.5. The summed E-state index contributed by atoms with van der Waals surface area (Å²) in [5, 5.41) is 10.3. The highest BCUT2D eigenvalue weighted by atomic mass is 16.3. The van der Waals surface area contributed by atoms with Crippen LogP contribution < -0.4 is 5.56 Å². The van der Waals surface area contributed by atoms with E-state index in [4.69, 9.17) is 0 Å². The number of hydrogen-bond donors (Lipinski definition) is 2. The van der Waals surface area contributed by atoms with Crippen LogP contribution in [0.25, 0.3) is 22.3 Å². The lowest BCUT2D eigenvalue weighted by molar-refractivity contribution is 0.477. The number of nitrogens with zero attached hydrogens (tertiary/aromatic N) is 1. The van der Waals surface area contributed by atoms with E-state index in [0.29, 0.717) is 22.3 Å². The summed E-state index contributed by atoms with van der Waals surface area (Å²) in [6.07, 6.45) is 0. The fourth-order valence-electron chi connectivity index (χ4n) is 1.90. The number of phenolic OH excluding ortho intramolecular Hbond substituents is 1. The molecule has 0 aliphatic carbocycles. The monoisotopic (exact) mass is 238 g/mol. The van der Waals surface area contributed by atoms with Crippen LogP contribution in [0.4, 0.5) is 0 Å². The highest BCUT2D eigenvalue weighted by molar-refractivity contribution is 5.79. The van der Waals surface area contributed by atoms with E-state index in [0.717, 1.165) is 0 Å². The number of aromatic nitrogens is 2. The molecular formula is C14H10N2O2. The van der Waals surface area contributed by atoms with E-state index in [-0.39, 0.29) is 11.3 Å². The molecule has 0 saturated heterocycles. The van der Waals surface area contributed by atoms with Crippen molar-refractivity contribution in [3.63, 3.8) is 0 Å². The summed E-state index contributed by atoms with van der Waals surface area (Å²) in [5.74, 6) is 0.465. The second-order valence-corrected chi connectivity index (χ2v) is 3.95. The Kier molecular flexibility index (Phi) is 2.34. The highest BCUT2D eigenvalue weighted by Gasteiger charge is 2.08. The van der Waals surface area contributed by atoms with Gasteiger partial charge in [-0.2, -0.15) is 4.98 Å². The molecule has 2 N–H and O–H groups in total. The lowest BCUT2D eigenvalue weighted by Gasteiger charge is -2.04. The standard InChI is InChI=1S/C14H10N2O2/c17-12-8-4-2-6-10(12)13-15-11-7-3-1-5-9(11)14(18)16-13/h1-8,17H,(H,15,16,18). The van der Waals surface area contributed by atoms with Crippen LogP contribution in [0.2, 0.25) is 0 Å². The van der Waals surface area contributed by atoms with E-state index in [1.165, 1.54) is 0 Å². The van der Waals surface area contributed by atoms with Crippen LogP contribution in [0.3, 0.4) is 0 Å². The van der Waals surface area contributed by atoms with Crippen molar-refractivity contribution >= 4 is 10.9 Å². The number of aromatic amines is 1. The molecule has 1 heterocycles. The van der Waals surface area contributed by atoms with E-state index in [2.05, 4.69) is 9.97 Å². The summed E-state index contributed by atoms with van der Waals surface area (Å²) in [6, 6.07) is 13.9. The molecule has 0 amide bonds. The first-order chi connectivity index (χ1) is 8.75. The van der Waals surface area contributed by atoms with Crippen molar-refractivity contribution in [1.29, 1.82) is 0 Å². The largest absolute Gasteiger partial charge is 0.507 e. The van der Waals surface area contributed by atoms with Crippen molar-refractivity contribution in [1.82, 2.24) is 9.97 Å². The molecule has 2 aromatic carbocycles. The molecule has 3 aromatic rings. The lowest BCUT2D eigenvalue weighted by Crippen LogP contribution is -2.09. The van der Waals surface area contributed by atoms with E-state index >= 15 is 0 Å². The van der Waals surface area contributed by atoms with Crippen molar-refractivity contribution < 1.29 is 5.11 Å². The van der Waals surface area contributed by atoms with Gasteiger partial charge in [-0.05, 0) is 24.3 Å². The third-order valence-corrected chi connectivity index (χ3v) is 2.78. The Morgan fingerprint density at radius 3 is 2.56 bits per heavy atom. The molecule has 0 unspecified atom stereocenters. The number of fused-ring (bicyclic) bond motifs is 1. The maximum Gasteiger partial charge on any atom is 0.281 e. The fraction of sp³-hybridized carbons (Fsp3) is 0. The Hall–Kier alpha value is -2.62. The predicted molar refractivity (Wildman–Crippen MR) is 69.5 cm³/mol. The number of rotatable bonds is 1. The van der Waals surface area contributed by atoms with Crippen molar-refractivity contribution in [2.45, 2.75) is 0 Å². The van der Waals surface area contributed by atoms with Gasteiger partial charge in [-0.1, -0.05) is 24.3 Å². The summed E-state index contributed by atoms with van der Waals surface area (Å²) in [6.45, 7) is 0. The predicted octanol–water partition coefficient (Wildman–Crippen LogP) is 2.30. The summed E-state index contributed by atoms with van der Waals surface area (Å²) < 4.78 is 0. The SMILES string of the molecule is O=c1nc(-c2ccccc2O)[nH]c2ccccc12. The number of H-pyrrole nitrogens is 1. The van der Waals surface area contributed by atoms with Crippen molar-refractivity contribution in [2.75, 3.05) is 0 Å². The van der Waals surface area contributed by atoms with Crippen LogP contribution in [-0.2, 0) is 0 Å². The van der Waals surface area contributed by atoms with Crippen LogP contribution >= 0.6 is 0 Å². The topological polar surface area (TPSA) is 66.0 Å². The van der Waals surface area contributed by atoms with Crippen LogP contribution in [0.5, 0.6) is 5.75 Å². The van der Waals surface area contributed by atoms with Crippen molar-refractivity contribution in [2.24, 2.45) is 0 Å². The smallest absolute Gasteiger partial charge is 0.281 e. The minimum absolute atomic E-state index is 0.0935. The first-order valence-electron chi connectivity index (χ1n) is 5.53. The number of nitrogens with one attached hydrogen (secondary N) is 1. The zero-order valence-corrected chi connectivity index (χ0v) is 9.42. The summed E-state index contributed by atoms with van der Waals surface area (Å²) in [5.41, 5.74) is 0.915. The zero-order valence-electron chi connectivity index (χ0n) is 9.42. The van der Waals surface area contributed by atoms with Gasteiger partial charge in [0.2, 0.25) is 0 Å². The minimum Gasteiger partial charge on any atom is -0.507 e. The van der Waals surface area contributed by atoms with Gasteiger partial charge < -0.3 is 10.1 Å². The zero-order chi connectivity index (χ0) is 12.5. The third-order valence-electron chi connectivity index (χ3n) is 2.78. The van der Waals surface area contributed by atoms with E-state index in [1.54, 1.807) is 36.4 Å². The molecule has 3 rings (SSSR count). The molecule has 0 spiro atoms. The van der Waals surface area contributed by atoms with Gasteiger partial charge in [0.05, 0.1) is 16.5 Å². The Morgan fingerprint density at radius 2 is 1.72 bits per heavy atom. The average Bonchev–Trinajstić information content (AvgIpc) is 2.39. The van der Waals surface area contributed by atoms with Gasteiger partial charge in [0.15, 0.2) is 0 Å². The molecular weight excluding hydrogens is 228 g/mol. The normalized spacial score (nSPS) is 10.7. The van der Waals surface area contributed by atoms with E-state index in [9.17, 15) is 9.90 Å². The highest BCUT2D eigenvalue weighted by Crippen LogP contribution is 2.25. The summed E-state index contributed by atoms with van der Waals surface area (Å²) in [7, 11) is 0.